The molecule has 5 rings (SSSR count). The van der Waals surface area contributed by atoms with Crippen LogP contribution in [0.1, 0.15) is 20.8 Å². The molecule has 1 aliphatic heterocycles. The molecule has 1 aromatic heterocycles. The Labute approximate surface area is 161 Å². The van der Waals surface area contributed by atoms with Crippen LogP contribution in [-0.2, 0) is 11.2 Å². The number of carbonyl (C=O) groups excluding carboxylic acids is 2. The zero-order valence-electron chi connectivity index (χ0n) is 14.6. The highest BCUT2D eigenvalue weighted by Gasteiger charge is 2.36. The third-order valence-corrected chi connectivity index (χ3v) is 6.19. The minimum absolute atomic E-state index is 0.0132. The van der Waals surface area contributed by atoms with Crippen LogP contribution in [0.3, 0.4) is 0 Å². The Morgan fingerprint density at radius 2 is 1.78 bits per heavy atom. The van der Waals surface area contributed by atoms with Gasteiger partial charge in [-0.1, -0.05) is 36.4 Å². The number of fused-ring (bicyclic) bond motifs is 3. The lowest BCUT2D eigenvalue weighted by molar-refractivity contribution is -0.123. The molecule has 1 saturated heterocycles. The van der Waals surface area contributed by atoms with Gasteiger partial charge < -0.3 is 10.2 Å². The average molecular weight is 374 g/mol. The number of rotatable bonds is 3. The molecule has 0 unspecified atom stereocenters. The molecule has 2 amide bonds. The van der Waals surface area contributed by atoms with Gasteiger partial charge in [-0.25, -0.2) is 0 Å². The summed E-state index contributed by atoms with van der Waals surface area (Å²) in [5.41, 5.74) is 5.94. The van der Waals surface area contributed by atoms with Crippen LogP contribution in [0.2, 0.25) is 0 Å². The van der Waals surface area contributed by atoms with E-state index in [1.165, 1.54) is 33.6 Å². The number of nitrogens with one attached hydrogen (secondary N) is 1. The van der Waals surface area contributed by atoms with Crippen molar-refractivity contribution in [2.24, 2.45) is 5.92 Å². The molecule has 0 spiro atoms. The highest BCUT2D eigenvalue weighted by atomic mass is 32.1. The summed E-state index contributed by atoms with van der Waals surface area (Å²) < 4.78 is 0. The summed E-state index contributed by atoms with van der Waals surface area (Å²) in [6.07, 6.45) is 0.905. The second-order valence-electron chi connectivity index (χ2n) is 7.08. The monoisotopic (exact) mass is 374 g/mol. The molecule has 134 valence electrons. The highest BCUT2D eigenvalue weighted by Crippen LogP contribution is 2.37. The number of thiophene rings is 1. The van der Waals surface area contributed by atoms with Crippen molar-refractivity contribution in [3.63, 3.8) is 0 Å². The molecule has 0 saturated carbocycles. The standard InChI is InChI=1S/C22H18N2O2S/c25-21(16-12-24(13-16)22(26)20-6-3-9-27-20)23-17-7-8-19-15(11-17)10-14-4-1-2-5-18(14)19/h1-9,11,16H,10,12-13H2,(H,23,25). The van der Waals surface area contributed by atoms with Crippen LogP contribution >= 0.6 is 11.3 Å². The average Bonchev–Trinajstić information content (AvgIpc) is 3.27. The maximum Gasteiger partial charge on any atom is 0.263 e. The van der Waals surface area contributed by atoms with E-state index in [2.05, 4.69) is 41.7 Å². The van der Waals surface area contributed by atoms with E-state index >= 15 is 0 Å². The lowest BCUT2D eigenvalue weighted by Gasteiger charge is -2.37. The van der Waals surface area contributed by atoms with Crippen molar-refractivity contribution < 1.29 is 9.59 Å². The lowest BCUT2D eigenvalue weighted by atomic mass is 9.98. The number of nitrogens with zero attached hydrogens (tertiary/aromatic N) is 1. The summed E-state index contributed by atoms with van der Waals surface area (Å²) in [5, 5.41) is 4.91. The molecule has 0 radical (unpaired) electrons. The minimum atomic E-state index is -0.139. The zero-order valence-corrected chi connectivity index (χ0v) is 15.5. The van der Waals surface area contributed by atoms with Crippen molar-refractivity contribution in [1.29, 1.82) is 0 Å². The van der Waals surface area contributed by atoms with Gasteiger partial charge in [0, 0.05) is 18.8 Å². The zero-order chi connectivity index (χ0) is 18.4. The van der Waals surface area contributed by atoms with Gasteiger partial charge in [-0.3, -0.25) is 9.59 Å². The molecule has 0 atom stereocenters. The van der Waals surface area contributed by atoms with Crippen LogP contribution in [0.15, 0.2) is 60.0 Å². The highest BCUT2D eigenvalue weighted by molar-refractivity contribution is 7.12. The summed E-state index contributed by atoms with van der Waals surface area (Å²) >= 11 is 1.44. The van der Waals surface area contributed by atoms with Gasteiger partial charge >= 0.3 is 0 Å². The third kappa shape index (κ3) is 2.84. The largest absolute Gasteiger partial charge is 0.336 e. The Kier molecular flexibility index (Phi) is 3.83. The number of likely N-dealkylation sites (tertiary alicyclic amines) is 1. The van der Waals surface area contributed by atoms with E-state index in [9.17, 15) is 9.59 Å². The summed E-state index contributed by atoms with van der Waals surface area (Å²) in [7, 11) is 0. The first kappa shape index (κ1) is 16.3. The van der Waals surface area contributed by atoms with E-state index in [0.717, 1.165) is 17.0 Å². The topological polar surface area (TPSA) is 49.4 Å². The molecule has 2 aliphatic rings. The smallest absolute Gasteiger partial charge is 0.263 e. The number of hydrogen-bond donors (Lipinski definition) is 1. The van der Waals surface area contributed by atoms with Crippen molar-refractivity contribution in [1.82, 2.24) is 4.90 Å². The Morgan fingerprint density at radius 1 is 0.963 bits per heavy atom. The van der Waals surface area contributed by atoms with E-state index in [1.54, 1.807) is 4.90 Å². The molecular weight excluding hydrogens is 356 g/mol. The Morgan fingerprint density at radius 3 is 2.59 bits per heavy atom. The van der Waals surface area contributed by atoms with Gasteiger partial charge in [0.05, 0.1) is 10.8 Å². The SMILES string of the molecule is O=C(Nc1ccc2c(c1)Cc1ccccc1-2)C1CN(C(=O)c2cccs2)C1. The van der Waals surface area contributed by atoms with E-state index in [1.807, 2.05) is 23.6 Å². The maximum absolute atomic E-state index is 12.5. The third-order valence-electron chi connectivity index (χ3n) is 5.33. The summed E-state index contributed by atoms with van der Waals surface area (Å²) in [5.74, 6) is -0.135. The number of carbonyl (C=O) groups is 2. The van der Waals surface area contributed by atoms with Gasteiger partial charge in [-0.15, -0.1) is 11.3 Å². The van der Waals surface area contributed by atoms with Gasteiger partial charge in [-0.05, 0) is 52.3 Å². The Balaban J connectivity index is 1.23. The minimum Gasteiger partial charge on any atom is -0.336 e. The van der Waals surface area contributed by atoms with E-state index in [4.69, 9.17) is 0 Å². The molecule has 2 aromatic carbocycles. The molecule has 5 heteroatoms. The van der Waals surface area contributed by atoms with Crippen LogP contribution in [0.4, 0.5) is 5.69 Å². The van der Waals surface area contributed by atoms with Crippen molar-refractivity contribution in [3.8, 4) is 11.1 Å². The molecule has 3 aromatic rings. The van der Waals surface area contributed by atoms with Crippen LogP contribution in [-0.4, -0.2) is 29.8 Å². The summed E-state index contributed by atoms with van der Waals surface area (Å²) in [6, 6.07) is 18.2. The van der Waals surface area contributed by atoms with Crippen molar-refractivity contribution >= 4 is 28.8 Å². The first-order valence-corrected chi connectivity index (χ1v) is 9.92. The molecule has 1 N–H and O–H groups in total. The first-order chi connectivity index (χ1) is 13.2. The van der Waals surface area contributed by atoms with Crippen molar-refractivity contribution in [2.75, 3.05) is 18.4 Å². The molecule has 1 aliphatic carbocycles. The van der Waals surface area contributed by atoms with Crippen LogP contribution in [0, 0.1) is 5.92 Å². The van der Waals surface area contributed by atoms with E-state index in [-0.39, 0.29) is 17.7 Å². The molecule has 1 fully saturated rings. The van der Waals surface area contributed by atoms with Crippen LogP contribution in [0.5, 0.6) is 0 Å². The predicted molar refractivity (Wildman–Crippen MR) is 107 cm³/mol. The van der Waals surface area contributed by atoms with Crippen molar-refractivity contribution in [2.45, 2.75) is 6.42 Å². The number of benzene rings is 2. The van der Waals surface area contributed by atoms with Gasteiger partial charge in [0.15, 0.2) is 0 Å². The Hall–Kier alpha value is -2.92. The second kappa shape index (κ2) is 6.35. The fraction of sp³-hybridized carbons (Fsp3) is 0.182. The first-order valence-electron chi connectivity index (χ1n) is 9.04. The molecular formula is C22H18N2O2S. The van der Waals surface area contributed by atoms with Crippen LogP contribution in [0.25, 0.3) is 11.1 Å². The van der Waals surface area contributed by atoms with E-state index in [0.29, 0.717) is 13.1 Å². The van der Waals surface area contributed by atoms with E-state index < -0.39 is 0 Å². The molecule has 27 heavy (non-hydrogen) atoms. The summed E-state index contributed by atoms with van der Waals surface area (Å²) in [6.45, 7) is 0.970. The number of amides is 2. The summed E-state index contributed by atoms with van der Waals surface area (Å²) in [4.78, 5) is 27.2. The molecule has 4 nitrogen and oxygen atoms in total. The van der Waals surface area contributed by atoms with Gasteiger partial charge in [0.2, 0.25) is 5.91 Å². The number of hydrogen-bond acceptors (Lipinski definition) is 3. The number of anilines is 1. The predicted octanol–water partition coefficient (Wildman–Crippen LogP) is 4.03. The van der Waals surface area contributed by atoms with Gasteiger partial charge in [-0.2, -0.15) is 0 Å². The quantitative estimate of drug-likeness (QED) is 0.589. The fourth-order valence-electron chi connectivity index (χ4n) is 3.83. The fourth-order valence-corrected chi connectivity index (χ4v) is 4.52. The second-order valence-corrected chi connectivity index (χ2v) is 8.03. The van der Waals surface area contributed by atoms with Crippen molar-refractivity contribution in [3.05, 3.63) is 76.0 Å². The lowest BCUT2D eigenvalue weighted by Crippen LogP contribution is -2.54. The van der Waals surface area contributed by atoms with Gasteiger partial charge in [0.1, 0.15) is 0 Å². The Bertz CT molecular complexity index is 1040. The van der Waals surface area contributed by atoms with Crippen LogP contribution < -0.4 is 5.32 Å². The molecule has 2 heterocycles. The molecule has 0 bridgehead atoms. The normalized spacial score (nSPS) is 15.0. The van der Waals surface area contributed by atoms with Gasteiger partial charge in [0.25, 0.3) is 5.91 Å². The maximum atomic E-state index is 12.5.